The van der Waals surface area contributed by atoms with Crippen molar-refractivity contribution < 1.29 is 14.6 Å². The number of ether oxygens (including phenoxy) is 1. The van der Waals surface area contributed by atoms with Gasteiger partial charge in [0.2, 0.25) is 0 Å². The molecule has 1 fully saturated rings. The van der Waals surface area contributed by atoms with Crippen LogP contribution in [0.1, 0.15) is 47.9 Å². The summed E-state index contributed by atoms with van der Waals surface area (Å²) in [5.74, 6) is -0.269. The summed E-state index contributed by atoms with van der Waals surface area (Å²) in [7, 11) is 1.62. The summed E-state index contributed by atoms with van der Waals surface area (Å²) < 4.78 is 7.17. The average molecular weight is 351 g/mol. The fourth-order valence-electron chi connectivity index (χ4n) is 3.82. The predicted molar refractivity (Wildman–Crippen MR) is 98.7 cm³/mol. The third-order valence-electron chi connectivity index (χ3n) is 5.13. The fraction of sp³-hybridized carbons (Fsp3) is 0.350. The van der Waals surface area contributed by atoms with E-state index in [0.717, 1.165) is 40.8 Å². The van der Waals surface area contributed by atoms with Crippen LogP contribution in [0.2, 0.25) is 0 Å². The highest BCUT2D eigenvalue weighted by molar-refractivity contribution is 5.99. The Labute approximate surface area is 151 Å². The Hall–Kier alpha value is -2.89. The molecule has 0 atom stereocenters. The van der Waals surface area contributed by atoms with E-state index in [0.29, 0.717) is 11.7 Å². The molecule has 1 N–H and O–H groups in total. The van der Waals surface area contributed by atoms with Crippen LogP contribution in [0.15, 0.2) is 30.3 Å². The number of nitrogens with zero attached hydrogens (tertiary/aromatic N) is 3. The molecule has 0 saturated heterocycles. The van der Waals surface area contributed by atoms with Gasteiger partial charge in [-0.25, -0.2) is 14.5 Å². The molecule has 2 aromatic heterocycles. The summed E-state index contributed by atoms with van der Waals surface area (Å²) in [6.07, 6.45) is 4.48. The first-order valence-corrected chi connectivity index (χ1v) is 8.86. The molecule has 0 radical (unpaired) electrons. The molecule has 1 aliphatic carbocycles. The minimum Gasteiger partial charge on any atom is -0.497 e. The Morgan fingerprint density at radius 2 is 1.92 bits per heavy atom. The number of carboxylic acid groups (broad SMARTS) is 1. The van der Waals surface area contributed by atoms with Crippen LogP contribution in [0.5, 0.6) is 5.75 Å². The lowest BCUT2D eigenvalue weighted by Crippen LogP contribution is -2.09. The minimum absolute atomic E-state index is 0.0439. The van der Waals surface area contributed by atoms with Gasteiger partial charge >= 0.3 is 5.97 Å². The van der Waals surface area contributed by atoms with E-state index in [-0.39, 0.29) is 5.69 Å². The van der Waals surface area contributed by atoms with Gasteiger partial charge in [0.1, 0.15) is 5.75 Å². The summed E-state index contributed by atoms with van der Waals surface area (Å²) in [6, 6.07) is 9.56. The van der Waals surface area contributed by atoms with Gasteiger partial charge in [-0.2, -0.15) is 5.10 Å². The number of aromatic carboxylic acids is 1. The van der Waals surface area contributed by atoms with Crippen molar-refractivity contribution in [2.24, 2.45) is 0 Å². The highest BCUT2D eigenvalue weighted by atomic mass is 16.5. The van der Waals surface area contributed by atoms with Gasteiger partial charge in [-0.3, -0.25) is 0 Å². The van der Waals surface area contributed by atoms with Gasteiger partial charge in [-0.05, 0) is 49.1 Å². The van der Waals surface area contributed by atoms with Gasteiger partial charge in [0.15, 0.2) is 11.3 Å². The molecule has 1 aromatic carbocycles. The van der Waals surface area contributed by atoms with Crippen LogP contribution in [0.4, 0.5) is 0 Å². The molecular weight excluding hydrogens is 330 g/mol. The van der Waals surface area contributed by atoms with E-state index in [1.807, 2.05) is 35.9 Å². The monoisotopic (exact) mass is 351 g/mol. The molecule has 3 aromatic rings. The zero-order chi connectivity index (χ0) is 18.3. The molecule has 2 heterocycles. The van der Waals surface area contributed by atoms with E-state index >= 15 is 0 Å². The van der Waals surface area contributed by atoms with Crippen LogP contribution < -0.4 is 4.74 Å². The first-order chi connectivity index (χ1) is 12.6. The molecule has 0 spiro atoms. The third-order valence-corrected chi connectivity index (χ3v) is 5.13. The molecule has 0 unspecified atom stereocenters. The second kappa shape index (κ2) is 6.44. The van der Waals surface area contributed by atoms with E-state index < -0.39 is 5.97 Å². The molecule has 6 nitrogen and oxygen atoms in total. The van der Waals surface area contributed by atoms with Crippen molar-refractivity contribution in [2.45, 2.75) is 38.6 Å². The standard InChI is InChI=1S/C20H21N3O3/c1-12-18-16(13-7-9-15(26-2)10-8-13)11-17(20(24)25)21-19(18)23(22-12)14-5-3-4-6-14/h7-11,14H,3-6H2,1-2H3,(H,24,25). The van der Waals surface area contributed by atoms with E-state index in [9.17, 15) is 9.90 Å². The van der Waals surface area contributed by atoms with E-state index in [1.54, 1.807) is 13.2 Å². The number of carbonyl (C=O) groups is 1. The SMILES string of the molecule is COc1ccc(-c2cc(C(=O)O)nc3c2c(C)nn3C2CCCC2)cc1. The topological polar surface area (TPSA) is 77.2 Å². The van der Waals surface area contributed by atoms with Gasteiger partial charge in [0, 0.05) is 5.39 Å². The Bertz CT molecular complexity index is 970. The van der Waals surface area contributed by atoms with Crippen LogP contribution in [0.3, 0.4) is 0 Å². The van der Waals surface area contributed by atoms with Crippen molar-refractivity contribution in [2.75, 3.05) is 7.11 Å². The molecule has 1 saturated carbocycles. The maximum atomic E-state index is 11.7. The number of hydrogen-bond donors (Lipinski definition) is 1. The van der Waals surface area contributed by atoms with Gasteiger partial charge in [-0.15, -0.1) is 0 Å². The molecular formula is C20H21N3O3. The molecule has 134 valence electrons. The van der Waals surface area contributed by atoms with Crippen LogP contribution >= 0.6 is 0 Å². The largest absolute Gasteiger partial charge is 0.497 e. The second-order valence-electron chi connectivity index (χ2n) is 6.76. The van der Waals surface area contributed by atoms with Crippen molar-refractivity contribution in [3.8, 4) is 16.9 Å². The summed E-state index contributed by atoms with van der Waals surface area (Å²) in [6.45, 7) is 1.96. The first-order valence-electron chi connectivity index (χ1n) is 8.86. The smallest absolute Gasteiger partial charge is 0.354 e. The van der Waals surface area contributed by atoms with E-state index in [2.05, 4.69) is 4.98 Å². The summed E-state index contributed by atoms with van der Waals surface area (Å²) in [5, 5.41) is 15.2. The summed E-state index contributed by atoms with van der Waals surface area (Å²) >= 11 is 0. The maximum Gasteiger partial charge on any atom is 0.354 e. The number of aromatic nitrogens is 3. The molecule has 0 bridgehead atoms. The van der Waals surface area contributed by atoms with Crippen molar-refractivity contribution in [1.82, 2.24) is 14.8 Å². The number of methoxy groups -OCH3 is 1. The van der Waals surface area contributed by atoms with Crippen LogP contribution in [0, 0.1) is 6.92 Å². The fourth-order valence-corrected chi connectivity index (χ4v) is 3.82. The molecule has 1 aliphatic rings. The Balaban J connectivity index is 1.96. The lowest BCUT2D eigenvalue weighted by Gasteiger charge is -2.12. The molecule has 0 aliphatic heterocycles. The van der Waals surface area contributed by atoms with Crippen LogP contribution in [-0.4, -0.2) is 33.0 Å². The van der Waals surface area contributed by atoms with Crippen molar-refractivity contribution in [3.05, 3.63) is 41.7 Å². The number of aryl methyl sites for hydroxylation is 1. The Kier molecular flexibility index (Phi) is 4.11. The molecule has 6 heteroatoms. The molecule has 0 amide bonds. The lowest BCUT2D eigenvalue weighted by molar-refractivity contribution is 0.0691. The molecule has 4 rings (SSSR count). The van der Waals surface area contributed by atoms with Crippen molar-refractivity contribution >= 4 is 17.0 Å². The van der Waals surface area contributed by atoms with Gasteiger partial charge in [0.05, 0.1) is 18.8 Å². The zero-order valence-electron chi connectivity index (χ0n) is 14.9. The quantitative estimate of drug-likeness (QED) is 0.761. The predicted octanol–water partition coefficient (Wildman–Crippen LogP) is 4.23. The lowest BCUT2D eigenvalue weighted by atomic mass is 10.0. The average Bonchev–Trinajstić information content (AvgIpc) is 3.29. The Morgan fingerprint density at radius 3 is 2.54 bits per heavy atom. The van der Waals surface area contributed by atoms with E-state index in [4.69, 9.17) is 9.84 Å². The first kappa shape index (κ1) is 16.6. The highest BCUT2D eigenvalue weighted by Crippen LogP contribution is 2.36. The van der Waals surface area contributed by atoms with Gasteiger partial charge in [-0.1, -0.05) is 25.0 Å². The van der Waals surface area contributed by atoms with Crippen LogP contribution in [-0.2, 0) is 0 Å². The summed E-state index contributed by atoms with van der Waals surface area (Å²) in [5.41, 5.74) is 3.36. The number of benzene rings is 1. The van der Waals surface area contributed by atoms with Gasteiger partial charge in [0.25, 0.3) is 0 Å². The number of carboxylic acids is 1. The number of rotatable bonds is 4. The van der Waals surface area contributed by atoms with Crippen molar-refractivity contribution in [3.63, 3.8) is 0 Å². The minimum atomic E-state index is -1.03. The zero-order valence-corrected chi connectivity index (χ0v) is 14.9. The van der Waals surface area contributed by atoms with Crippen LogP contribution in [0.25, 0.3) is 22.2 Å². The number of fused-ring (bicyclic) bond motifs is 1. The normalized spacial score (nSPS) is 14.8. The number of hydrogen-bond acceptors (Lipinski definition) is 4. The number of pyridine rings is 1. The molecule has 26 heavy (non-hydrogen) atoms. The Morgan fingerprint density at radius 1 is 1.23 bits per heavy atom. The third kappa shape index (κ3) is 2.71. The van der Waals surface area contributed by atoms with Crippen molar-refractivity contribution in [1.29, 1.82) is 0 Å². The maximum absolute atomic E-state index is 11.7. The summed E-state index contributed by atoms with van der Waals surface area (Å²) in [4.78, 5) is 16.1. The van der Waals surface area contributed by atoms with E-state index in [1.165, 1.54) is 12.8 Å². The second-order valence-corrected chi connectivity index (χ2v) is 6.76. The van der Waals surface area contributed by atoms with Gasteiger partial charge < -0.3 is 9.84 Å². The highest BCUT2D eigenvalue weighted by Gasteiger charge is 2.24.